The Bertz CT molecular complexity index is 2340. The molecule has 0 radical (unpaired) electrons. The number of nitrogens with one attached hydrogen (secondary N) is 1. The highest BCUT2D eigenvalue weighted by Gasteiger charge is 2.55. The standard InChI is InChI=1S/C60H95NO27/c1-31-18-16-14-12-10-8-6-7-9-11-13-15-17-19-38(85-57-51(74)47(49(72)34(4)84-57)61-30-60(80)55(77)54(42(69)29-82-60)87-58-53(76)52(75)50(73)44(28-62)86-58)25-43-46(56(78)81-5)41(68)27-59(79,88-43)26-37(65)23-40(67)39(66)21-20-35(63)22-36(64)24-45(70)83-33(3)32(2)48(31)71/h6-19,31-44,46-55,57-58,61-69,71-77,79-80H,20-30H2,1-5H3/b7-6+,10-8+,11-9+,14-12+,15-13+,18-16+,19-17+/t31-,32?,33-,34+,35+,36+,37-,38-,39+,40+,41-,42+,43?,44+,46?,47-,48+,49+,50-,51-,52-,53+,54+,55-,57?,58?,59+,60+/m0/s1. The largest absolute Gasteiger partial charge is 0.469 e. The van der Waals surface area contributed by atoms with Crippen LogP contribution in [-0.4, -0.2) is 278 Å². The van der Waals surface area contributed by atoms with Crippen LogP contribution in [0.15, 0.2) is 85.1 Å². The fraction of sp³-hybridized carbons (Fsp3) is 0.733. The van der Waals surface area contributed by atoms with Crippen LogP contribution in [0.3, 0.4) is 0 Å². The molecule has 0 saturated carbocycles. The number of carbonyl (C=O) groups is 2. The Morgan fingerprint density at radius 1 is 0.614 bits per heavy atom. The van der Waals surface area contributed by atoms with E-state index in [1.165, 1.54) is 19.1 Å². The Morgan fingerprint density at radius 2 is 1.22 bits per heavy atom. The quantitative estimate of drug-likeness (QED) is 0.0980. The molecule has 0 spiro atoms. The van der Waals surface area contributed by atoms with Crippen molar-refractivity contribution in [3.63, 3.8) is 0 Å². The molecule has 4 saturated heterocycles. The zero-order valence-corrected chi connectivity index (χ0v) is 50.1. The van der Waals surface area contributed by atoms with Gasteiger partial charge in [0.05, 0.1) is 106 Å². The molecule has 502 valence electrons. The first-order chi connectivity index (χ1) is 41.5. The summed E-state index contributed by atoms with van der Waals surface area (Å²) in [5, 5.41) is 189. The van der Waals surface area contributed by atoms with Gasteiger partial charge in [-0.1, -0.05) is 98.9 Å². The van der Waals surface area contributed by atoms with Gasteiger partial charge in [0, 0.05) is 37.5 Å². The van der Waals surface area contributed by atoms with Crippen LogP contribution in [0.5, 0.6) is 0 Å². The van der Waals surface area contributed by atoms with E-state index in [1.807, 2.05) is 6.92 Å². The van der Waals surface area contributed by atoms with E-state index in [9.17, 15) is 96.4 Å². The van der Waals surface area contributed by atoms with Crippen molar-refractivity contribution < 1.29 is 134 Å². The second kappa shape index (κ2) is 35.3. The van der Waals surface area contributed by atoms with Crippen LogP contribution in [0.1, 0.15) is 79.1 Å². The molecule has 4 fully saturated rings. The van der Waals surface area contributed by atoms with E-state index >= 15 is 0 Å². The molecule has 28 heteroatoms. The van der Waals surface area contributed by atoms with Crippen molar-refractivity contribution in [2.45, 2.75) is 231 Å². The molecule has 5 heterocycles. The monoisotopic (exact) mass is 1260 g/mol. The number of esters is 2. The summed E-state index contributed by atoms with van der Waals surface area (Å²) in [7, 11) is 1.06. The number of carbonyl (C=O) groups excluding carboxylic acids is 2. The summed E-state index contributed by atoms with van der Waals surface area (Å²) < 4.78 is 45.3. The van der Waals surface area contributed by atoms with Crippen LogP contribution in [0.25, 0.3) is 0 Å². The Balaban J connectivity index is 1.38. The molecular weight excluding hydrogens is 1170 g/mol. The van der Waals surface area contributed by atoms with E-state index in [0.29, 0.717) is 0 Å². The van der Waals surface area contributed by atoms with Gasteiger partial charge in [0.25, 0.3) is 0 Å². The van der Waals surface area contributed by atoms with Crippen molar-refractivity contribution >= 4 is 11.9 Å². The number of hydrogen-bond acceptors (Lipinski definition) is 28. The van der Waals surface area contributed by atoms with Gasteiger partial charge in [-0.25, -0.2) is 0 Å². The number of allylic oxidation sites excluding steroid dienone is 12. The highest BCUT2D eigenvalue weighted by atomic mass is 16.7. The molecule has 5 aliphatic rings. The predicted molar refractivity (Wildman–Crippen MR) is 307 cm³/mol. The maximum absolute atomic E-state index is 13.4. The van der Waals surface area contributed by atoms with Crippen LogP contribution >= 0.6 is 0 Å². The summed E-state index contributed by atoms with van der Waals surface area (Å²) in [4.78, 5) is 26.1. The lowest BCUT2D eigenvalue weighted by atomic mass is 9.82. The first-order valence-corrected chi connectivity index (χ1v) is 29.7. The van der Waals surface area contributed by atoms with Crippen LogP contribution in [0.4, 0.5) is 0 Å². The molecule has 0 aromatic rings. The van der Waals surface area contributed by atoms with Gasteiger partial charge in [-0.05, 0) is 33.1 Å². The maximum atomic E-state index is 13.4. The predicted octanol–water partition coefficient (Wildman–Crippen LogP) is -3.94. The van der Waals surface area contributed by atoms with E-state index in [1.54, 1.807) is 86.8 Å². The highest BCUT2D eigenvalue weighted by Crippen LogP contribution is 2.39. The minimum Gasteiger partial charge on any atom is -0.469 e. The van der Waals surface area contributed by atoms with E-state index in [2.05, 4.69) is 5.32 Å². The van der Waals surface area contributed by atoms with E-state index < -0.39 is 228 Å². The smallest absolute Gasteiger partial charge is 0.313 e. The van der Waals surface area contributed by atoms with Crippen molar-refractivity contribution in [2.75, 3.05) is 26.9 Å². The topological polar surface area (TPSA) is 464 Å². The number of cyclic esters (lactones) is 1. The molecule has 5 aliphatic heterocycles. The van der Waals surface area contributed by atoms with Gasteiger partial charge in [0.1, 0.15) is 60.9 Å². The lowest BCUT2D eigenvalue weighted by molar-refractivity contribution is -0.368. The number of fused-ring (bicyclic) bond motifs is 2. The van der Waals surface area contributed by atoms with Crippen LogP contribution in [-0.2, 0) is 47.5 Å². The Hall–Kier alpha value is -3.84. The zero-order valence-electron chi connectivity index (χ0n) is 50.1. The molecule has 0 amide bonds. The molecule has 2 bridgehead atoms. The maximum Gasteiger partial charge on any atom is 0.313 e. The van der Waals surface area contributed by atoms with Gasteiger partial charge in [0.2, 0.25) is 5.79 Å². The second-order valence-corrected chi connectivity index (χ2v) is 23.5. The molecule has 0 aliphatic carbocycles. The zero-order chi connectivity index (χ0) is 65.2. The summed E-state index contributed by atoms with van der Waals surface area (Å²) in [6.45, 7) is 4.26. The van der Waals surface area contributed by atoms with Gasteiger partial charge < -0.3 is 130 Å². The highest BCUT2D eigenvalue weighted by molar-refractivity contribution is 5.74. The first-order valence-electron chi connectivity index (χ1n) is 29.7. The SMILES string of the molecule is COC(=O)C1C2C[C@@H](OC3O[C@H](C)[C@@H](O)[C@H](NC[C@@]4(O)OC[C@@H](O)[C@@H](OC5O[C@H](CO)[C@H](O)[C@H](O)[C@H]5O)[C@@H]4O)[C@@H]3O)/C=C/C=C/C=C/C=C/C=C/C=C/C=C/[C@H](C)[C@@H](O)C(C)[C@H](C)OC(=O)C[C@H](O)C[C@H](O)CC[C@@H](O)[C@H](O)C[C@H](O)C[C@](O)(C[C@@H]1O)O2. The number of aliphatic hydroxyl groups excluding tert-OH is 15. The van der Waals surface area contributed by atoms with Gasteiger partial charge in [0.15, 0.2) is 18.4 Å². The summed E-state index contributed by atoms with van der Waals surface area (Å²) in [5.41, 5.74) is 0. The Kier molecular flexibility index (Phi) is 30.0. The lowest BCUT2D eigenvalue weighted by Gasteiger charge is -2.48. The summed E-state index contributed by atoms with van der Waals surface area (Å²) in [6.07, 6.45) is -14.0. The number of rotatable bonds is 9. The minimum absolute atomic E-state index is 0.155. The third kappa shape index (κ3) is 21.4. The van der Waals surface area contributed by atoms with Crippen molar-refractivity contribution in [3.05, 3.63) is 85.1 Å². The third-order valence-corrected chi connectivity index (χ3v) is 16.5. The molecular formula is C60H95NO27. The van der Waals surface area contributed by atoms with E-state index in [0.717, 1.165) is 7.11 Å². The van der Waals surface area contributed by atoms with Gasteiger partial charge in [-0.15, -0.1) is 0 Å². The molecule has 88 heavy (non-hydrogen) atoms. The minimum atomic E-state index is -2.67. The van der Waals surface area contributed by atoms with Crippen LogP contribution < -0.4 is 5.32 Å². The summed E-state index contributed by atoms with van der Waals surface area (Å²) >= 11 is 0. The van der Waals surface area contributed by atoms with Crippen molar-refractivity contribution in [3.8, 4) is 0 Å². The van der Waals surface area contributed by atoms with Crippen LogP contribution in [0, 0.1) is 17.8 Å². The van der Waals surface area contributed by atoms with Crippen molar-refractivity contribution in [1.29, 1.82) is 0 Å². The molecule has 5 rings (SSSR count). The molecule has 28 atom stereocenters. The average molecular weight is 1260 g/mol. The number of methoxy groups -OCH3 is 1. The first kappa shape index (κ1) is 74.9. The number of ether oxygens (including phenoxy) is 8. The van der Waals surface area contributed by atoms with Crippen LogP contribution in [0.2, 0.25) is 0 Å². The van der Waals surface area contributed by atoms with Gasteiger partial charge in [-0.3, -0.25) is 9.59 Å². The van der Waals surface area contributed by atoms with Crippen molar-refractivity contribution in [2.24, 2.45) is 17.8 Å². The van der Waals surface area contributed by atoms with E-state index in [-0.39, 0.29) is 25.2 Å². The van der Waals surface area contributed by atoms with Gasteiger partial charge in [-0.2, -0.15) is 0 Å². The normalized spacial score (nSPS) is 47.3. The second-order valence-electron chi connectivity index (χ2n) is 23.5. The summed E-state index contributed by atoms with van der Waals surface area (Å²) in [6, 6.07) is -1.47. The van der Waals surface area contributed by atoms with Crippen molar-refractivity contribution in [1.82, 2.24) is 5.32 Å². The number of hydrogen-bond donors (Lipinski definition) is 18. The molecule has 28 nitrogen and oxygen atoms in total. The Labute approximate surface area is 511 Å². The van der Waals surface area contributed by atoms with E-state index in [4.69, 9.17) is 37.9 Å². The fourth-order valence-corrected chi connectivity index (χ4v) is 11.1. The Morgan fingerprint density at radius 3 is 1.83 bits per heavy atom. The molecule has 5 unspecified atom stereocenters. The summed E-state index contributed by atoms with van der Waals surface area (Å²) in [5.74, 6) is -9.14. The van der Waals surface area contributed by atoms with Gasteiger partial charge >= 0.3 is 11.9 Å². The molecule has 0 aromatic carbocycles. The lowest BCUT2D eigenvalue weighted by Crippen LogP contribution is -2.70. The molecule has 18 N–H and O–H groups in total. The fourth-order valence-electron chi connectivity index (χ4n) is 11.1. The molecule has 0 aromatic heterocycles. The third-order valence-electron chi connectivity index (χ3n) is 16.5. The number of aliphatic hydroxyl groups is 17. The average Bonchev–Trinajstić information content (AvgIpc) is 1.79.